The molecule has 1 unspecified atom stereocenters. The number of aromatic nitrogens is 2. The molecule has 226 valence electrons. The van der Waals surface area contributed by atoms with Crippen LogP contribution in [0.1, 0.15) is 42.5 Å². The Hall–Kier alpha value is -4.89. The Kier molecular flexibility index (Phi) is 7.41. The third-order valence-corrected chi connectivity index (χ3v) is 9.35. The molecule has 7 rings (SSSR count). The zero-order valence-electron chi connectivity index (χ0n) is 24.7. The first kappa shape index (κ1) is 28.9. The van der Waals surface area contributed by atoms with Gasteiger partial charge in [0.2, 0.25) is 0 Å². The van der Waals surface area contributed by atoms with Gasteiger partial charge in [-0.3, -0.25) is 19.3 Å². The van der Waals surface area contributed by atoms with E-state index in [1.807, 2.05) is 91.1 Å². The molecule has 45 heavy (non-hydrogen) atoms. The topological polar surface area (TPSA) is 93.6 Å². The largest absolute Gasteiger partial charge is 0.497 e. The number of hydrogen-bond donors (Lipinski definition) is 1. The summed E-state index contributed by atoms with van der Waals surface area (Å²) in [7, 11) is 1.60. The minimum absolute atomic E-state index is 0.0513. The van der Waals surface area contributed by atoms with Gasteiger partial charge in [-0.05, 0) is 64.7 Å². The number of esters is 1. The first-order chi connectivity index (χ1) is 21.9. The van der Waals surface area contributed by atoms with E-state index in [0.29, 0.717) is 39.0 Å². The molecule has 2 aliphatic rings. The molecule has 0 radical (unpaired) electrons. The second-order valence-electron chi connectivity index (χ2n) is 11.3. The molecule has 1 N–H and O–H groups in total. The van der Waals surface area contributed by atoms with Crippen LogP contribution in [0.3, 0.4) is 0 Å². The quantitative estimate of drug-likeness (QED) is 0.113. The lowest BCUT2D eigenvalue weighted by Crippen LogP contribution is -2.31. The molecular weight excluding hydrogens is 634 g/mol. The van der Waals surface area contributed by atoms with Crippen LogP contribution in [0.5, 0.6) is 5.75 Å². The predicted octanol–water partition coefficient (Wildman–Crippen LogP) is 7.20. The average Bonchev–Trinajstić information content (AvgIpc) is 3.67. The Bertz CT molecular complexity index is 2050. The van der Waals surface area contributed by atoms with Gasteiger partial charge in [-0.25, -0.2) is 0 Å². The maximum absolute atomic E-state index is 14.5. The average molecular weight is 665 g/mol. The number of carbonyl (C=O) groups is 3. The number of allylic oxidation sites excluding steroid dienone is 1. The number of amides is 2. The summed E-state index contributed by atoms with van der Waals surface area (Å²) in [5, 5.41) is 1.73. The van der Waals surface area contributed by atoms with Crippen molar-refractivity contribution >= 4 is 66.7 Å². The summed E-state index contributed by atoms with van der Waals surface area (Å²) in [5.74, 6) is -0.308. The third kappa shape index (κ3) is 4.97. The van der Waals surface area contributed by atoms with Gasteiger partial charge in [-0.15, -0.1) is 0 Å². The summed E-state index contributed by atoms with van der Waals surface area (Å²) in [4.78, 5) is 45.1. The Morgan fingerprint density at radius 2 is 1.62 bits per heavy atom. The van der Waals surface area contributed by atoms with Crippen LogP contribution in [0, 0.1) is 0 Å². The Balaban J connectivity index is 1.40. The van der Waals surface area contributed by atoms with Gasteiger partial charge in [0, 0.05) is 40.5 Å². The number of rotatable bonds is 7. The summed E-state index contributed by atoms with van der Waals surface area (Å²) in [6.45, 7) is 1.54. The molecule has 0 saturated carbocycles. The van der Waals surface area contributed by atoms with Gasteiger partial charge in [0.25, 0.3) is 11.8 Å². The smallest absolute Gasteiger partial charge is 0.303 e. The van der Waals surface area contributed by atoms with E-state index in [0.717, 1.165) is 33.8 Å². The molecule has 0 bridgehead atoms. The number of methoxy groups -OCH3 is 1. The maximum atomic E-state index is 14.5. The molecule has 5 aromatic rings. The van der Waals surface area contributed by atoms with Crippen molar-refractivity contribution in [3.05, 3.63) is 112 Å². The predicted molar refractivity (Wildman–Crippen MR) is 176 cm³/mol. The highest BCUT2D eigenvalue weighted by Gasteiger charge is 2.42. The van der Waals surface area contributed by atoms with Crippen LogP contribution in [0.25, 0.3) is 33.0 Å². The van der Waals surface area contributed by atoms with E-state index in [2.05, 4.69) is 25.5 Å². The number of ether oxygens (including phenoxy) is 2. The number of nitrogens with zero attached hydrogens (tertiary/aromatic N) is 2. The molecule has 2 atom stereocenters. The number of carbonyl (C=O) groups excluding carboxylic acids is 3. The van der Waals surface area contributed by atoms with Crippen LogP contribution in [0.4, 0.5) is 0 Å². The highest BCUT2D eigenvalue weighted by molar-refractivity contribution is 9.10. The number of benzene rings is 3. The highest BCUT2D eigenvalue weighted by Crippen LogP contribution is 2.46. The van der Waals surface area contributed by atoms with Crippen LogP contribution >= 0.6 is 15.9 Å². The normalized spacial score (nSPS) is 18.4. The van der Waals surface area contributed by atoms with E-state index in [9.17, 15) is 14.4 Å². The molecule has 0 saturated heterocycles. The van der Waals surface area contributed by atoms with Crippen molar-refractivity contribution < 1.29 is 23.9 Å². The van der Waals surface area contributed by atoms with E-state index < -0.39 is 0 Å². The van der Waals surface area contributed by atoms with Crippen molar-refractivity contribution in [1.82, 2.24) is 14.5 Å². The Morgan fingerprint density at radius 1 is 0.911 bits per heavy atom. The molecule has 0 fully saturated rings. The van der Waals surface area contributed by atoms with Crippen LogP contribution in [-0.4, -0.2) is 45.4 Å². The van der Waals surface area contributed by atoms with Crippen molar-refractivity contribution in [3.8, 4) is 5.75 Å². The molecule has 3 heterocycles. The van der Waals surface area contributed by atoms with E-state index in [1.54, 1.807) is 7.11 Å². The first-order valence-corrected chi connectivity index (χ1v) is 15.6. The molecule has 9 heteroatoms. The van der Waals surface area contributed by atoms with Crippen molar-refractivity contribution in [1.29, 1.82) is 0 Å². The fourth-order valence-corrected chi connectivity index (χ4v) is 7.36. The SMILES string of the molecule is COc1ccc(CN2C(=O)C(c3c[nH]c4ccccc34)=C(c3c(Br)n(C4C=C[C@H](OC(C)=O)CC4)c4ccccc34)C2=O)cc1. The minimum Gasteiger partial charge on any atom is -0.497 e. The molecule has 3 aromatic carbocycles. The summed E-state index contributed by atoms with van der Waals surface area (Å²) < 4.78 is 13.6. The number of para-hydroxylation sites is 2. The van der Waals surface area contributed by atoms with Gasteiger partial charge < -0.3 is 19.0 Å². The fraction of sp³-hybridized carbons (Fsp3) is 0.194. The van der Waals surface area contributed by atoms with Crippen LogP contribution in [-0.2, 0) is 25.7 Å². The first-order valence-electron chi connectivity index (χ1n) is 14.8. The number of imide groups is 1. The second kappa shape index (κ2) is 11.6. The molecule has 1 aliphatic carbocycles. The summed E-state index contributed by atoms with van der Waals surface area (Å²) in [5.41, 5.74) is 4.71. The number of hydrogen-bond acceptors (Lipinski definition) is 5. The minimum atomic E-state index is -0.353. The molecular formula is C36H30BrN3O5. The molecule has 1 aliphatic heterocycles. The lowest BCUT2D eigenvalue weighted by atomic mass is 9.95. The lowest BCUT2D eigenvalue weighted by Gasteiger charge is -2.25. The van der Waals surface area contributed by atoms with Crippen LogP contribution in [0.2, 0.25) is 0 Å². The van der Waals surface area contributed by atoms with Crippen molar-refractivity contribution in [3.63, 3.8) is 0 Å². The van der Waals surface area contributed by atoms with Crippen molar-refractivity contribution in [2.24, 2.45) is 0 Å². The molecule has 8 nitrogen and oxygen atoms in total. The van der Waals surface area contributed by atoms with Crippen molar-refractivity contribution in [2.75, 3.05) is 7.11 Å². The van der Waals surface area contributed by atoms with E-state index >= 15 is 0 Å². The van der Waals surface area contributed by atoms with Gasteiger partial charge in [-0.2, -0.15) is 0 Å². The highest BCUT2D eigenvalue weighted by atomic mass is 79.9. The van der Waals surface area contributed by atoms with Gasteiger partial charge in [-0.1, -0.05) is 54.6 Å². The van der Waals surface area contributed by atoms with Gasteiger partial charge >= 0.3 is 5.97 Å². The summed E-state index contributed by atoms with van der Waals surface area (Å²) in [6.07, 6.45) is 6.92. The zero-order chi connectivity index (χ0) is 31.2. The summed E-state index contributed by atoms with van der Waals surface area (Å²) in [6, 6.07) is 23.0. The number of H-pyrrole nitrogens is 1. The fourth-order valence-electron chi connectivity index (χ4n) is 6.49. The molecule has 0 spiro atoms. The van der Waals surface area contributed by atoms with Crippen LogP contribution < -0.4 is 4.74 Å². The number of fused-ring (bicyclic) bond motifs is 2. The Morgan fingerprint density at radius 3 is 2.33 bits per heavy atom. The molecule has 2 amide bonds. The number of halogens is 1. The second-order valence-corrected chi connectivity index (χ2v) is 12.0. The van der Waals surface area contributed by atoms with E-state index in [1.165, 1.54) is 11.8 Å². The van der Waals surface area contributed by atoms with E-state index in [-0.39, 0.29) is 36.5 Å². The Labute approximate surface area is 268 Å². The zero-order valence-corrected chi connectivity index (χ0v) is 26.3. The van der Waals surface area contributed by atoms with Crippen LogP contribution in [0.15, 0.2) is 95.7 Å². The van der Waals surface area contributed by atoms with Gasteiger partial charge in [0.1, 0.15) is 11.9 Å². The van der Waals surface area contributed by atoms with Crippen molar-refractivity contribution in [2.45, 2.75) is 38.5 Å². The van der Waals surface area contributed by atoms with Gasteiger partial charge in [0.05, 0.1) is 41.0 Å². The monoisotopic (exact) mass is 663 g/mol. The number of nitrogens with one attached hydrogen (secondary N) is 1. The van der Waals surface area contributed by atoms with E-state index in [4.69, 9.17) is 9.47 Å². The number of aromatic amines is 1. The lowest BCUT2D eigenvalue weighted by molar-refractivity contribution is -0.144. The standard InChI is InChI=1S/C36H30BrN3O5/c1-21(41)45-25-17-13-23(14-18-25)40-30-10-6-4-8-27(30)31(34(40)37)33-32(28-19-38-29-9-5-3-7-26(28)29)35(42)39(36(33)43)20-22-11-15-24(44-2)16-12-22/h3-13,15-17,19,23,25,38H,14,18,20H2,1-2H3/t23?,25-/m0/s1. The third-order valence-electron chi connectivity index (χ3n) is 8.57. The summed E-state index contributed by atoms with van der Waals surface area (Å²) >= 11 is 3.89. The maximum Gasteiger partial charge on any atom is 0.303 e. The van der Waals surface area contributed by atoms with Gasteiger partial charge in [0.15, 0.2) is 0 Å². The molecule has 2 aromatic heterocycles.